The molecule has 2 amide bonds. The summed E-state index contributed by atoms with van der Waals surface area (Å²) in [5, 5.41) is 6.87. The molecule has 0 saturated carbocycles. The van der Waals surface area contributed by atoms with E-state index in [4.69, 9.17) is 16.6 Å². The number of benzene rings is 3. The van der Waals surface area contributed by atoms with Crippen LogP contribution in [0.15, 0.2) is 97.2 Å². The first-order valence-electron chi connectivity index (χ1n) is 13.3. The van der Waals surface area contributed by atoms with Crippen LogP contribution in [0.5, 0.6) is 0 Å². The summed E-state index contributed by atoms with van der Waals surface area (Å²) in [6.45, 7) is 4.74. The molecule has 39 heavy (non-hydrogen) atoms. The van der Waals surface area contributed by atoms with Crippen LogP contribution in [0.25, 0.3) is 0 Å². The Bertz CT molecular complexity index is 1360. The molecular formula is C31H33ClN6O. The van der Waals surface area contributed by atoms with E-state index in [-0.39, 0.29) is 18.1 Å². The van der Waals surface area contributed by atoms with Crippen molar-refractivity contribution in [3.63, 3.8) is 0 Å². The molecule has 0 spiro atoms. The van der Waals surface area contributed by atoms with Crippen molar-refractivity contribution in [3.05, 3.63) is 113 Å². The van der Waals surface area contributed by atoms with E-state index < -0.39 is 0 Å². The molecule has 0 radical (unpaired) electrons. The normalized spacial score (nSPS) is 14.9. The second kappa shape index (κ2) is 12.7. The number of hydrogen-bond donors (Lipinski definition) is 2. The number of hydrogen-bond acceptors (Lipinski definition) is 5. The Labute approximate surface area is 234 Å². The number of rotatable bonds is 8. The summed E-state index contributed by atoms with van der Waals surface area (Å²) in [5.74, 6) is 1.03. The molecule has 1 fully saturated rings. The molecule has 200 valence electrons. The molecule has 7 nitrogen and oxygen atoms in total. The first-order chi connectivity index (χ1) is 19.1. The number of carbonyl (C=O) groups is 1. The average Bonchev–Trinajstić information content (AvgIpc) is 2.97. The zero-order valence-corrected chi connectivity index (χ0v) is 22.8. The maximum absolute atomic E-state index is 13.8. The van der Waals surface area contributed by atoms with Gasteiger partial charge in [-0.3, -0.25) is 9.80 Å². The molecule has 2 heterocycles. The highest BCUT2D eigenvalue weighted by molar-refractivity contribution is 6.33. The fourth-order valence-electron chi connectivity index (χ4n) is 4.94. The minimum absolute atomic E-state index is 0.00748. The highest BCUT2D eigenvalue weighted by Gasteiger charge is 2.31. The van der Waals surface area contributed by atoms with Gasteiger partial charge >= 0.3 is 6.03 Å². The lowest BCUT2D eigenvalue weighted by Gasteiger charge is -2.38. The number of carbonyl (C=O) groups excluding carboxylic acids is 1. The Balaban J connectivity index is 1.35. The smallest absolute Gasteiger partial charge is 0.327 e. The van der Waals surface area contributed by atoms with Crippen molar-refractivity contribution in [2.45, 2.75) is 38.4 Å². The Morgan fingerprint density at radius 1 is 0.974 bits per heavy atom. The first kappa shape index (κ1) is 26.7. The van der Waals surface area contributed by atoms with Crippen LogP contribution >= 0.6 is 11.6 Å². The van der Waals surface area contributed by atoms with Gasteiger partial charge in [-0.05, 0) is 49.1 Å². The van der Waals surface area contributed by atoms with Crippen molar-refractivity contribution < 1.29 is 4.79 Å². The molecule has 0 unspecified atom stereocenters. The number of piperidine rings is 1. The highest BCUT2D eigenvalue weighted by atomic mass is 35.5. The van der Waals surface area contributed by atoms with Gasteiger partial charge in [-0.25, -0.2) is 9.78 Å². The van der Waals surface area contributed by atoms with Crippen LogP contribution in [0.4, 0.5) is 22.2 Å². The summed E-state index contributed by atoms with van der Waals surface area (Å²) >= 11 is 6.37. The number of nitrogens with one attached hydrogen (secondary N) is 2. The molecule has 8 heteroatoms. The third-order valence-corrected chi connectivity index (χ3v) is 7.37. The number of anilines is 3. The van der Waals surface area contributed by atoms with Gasteiger partial charge in [-0.2, -0.15) is 4.98 Å². The third kappa shape index (κ3) is 6.93. The molecule has 1 aliphatic heterocycles. The van der Waals surface area contributed by atoms with Crippen molar-refractivity contribution in [1.82, 2.24) is 14.9 Å². The van der Waals surface area contributed by atoms with Crippen LogP contribution in [-0.2, 0) is 6.54 Å². The van der Waals surface area contributed by atoms with Crippen LogP contribution in [0.2, 0.25) is 5.02 Å². The molecule has 1 atom stereocenters. The highest BCUT2D eigenvalue weighted by Crippen LogP contribution is 2.27. The molecule has 1 saturated heterocycles. The predicted molar refractivity (Wildman–Crippen MR) is 158 cm³/mol. The van der Waals surface area contributed by atoms with E-state index in [2.05, 4.69) is 63.8 Å². The monoisotopic (exact) mass is 540 g/mol. The SMILES string of the molecule is C[C@H](Nc1nccc(N(C(=O)Nc2ccccc2Cl)C2CCN(Cc3ccccc3)CC2)n1)c1ccccc1. The first-order valence-corrected chi connectivity index (χ1v) is 13.7. The number of urea groups is 1. The quantitative estimate of drug-likeness (QED) is 0.251. The number of para-hydroxylation sites is 1. The maximum atomic E-state index is 13.8. The van der Waals surface area contributed by atoms with Gasteiger partial charge in [0.2, 0.25) is 5.95 Å². The van der Waals surface area contributed by atoms with Crippen molar-refractivity contribution in [2.24, 2.45) is 0 Å². The predicted octanol–water partition coefficient (Wildman–Crippen LogP) is 7.01. The second-order valence-corrected chi connectivity index (χ2v) is 10.2. The van der Waals surface area contributed by atoms with Gasteiger partial charge in [0.25, 0.3) is 0 Å². The largest absolute Gasteiger partial charge is 0.348 e. The molecule has 1 aromatic heterocycles. The summed E-state index contributed by atoms with van der Waals surface area (Å²) in [7, 11) is 0. The van der Waals surface area contributed by atoms with E-state index >= 15 is 0 Å². The number of aromatic nitrogens is 2. The van der Waals surface area contributed by atoms with Crippen molar-refractivity contribution in [2.75, 3.05) is 28.6 Å². The molecule has 4 aromatic rings. The van der Waals surface area contributed by atoms with Crippen molar-refractivity contribution in [1.29, 1.82) is 0 Å². The van der Waals surface area contributed by atoms with E-state index in [1.807, 2.05) is 36.4 Å². The summed E-state index contributed by atoms with van der Waals surface area (Å²) in [5.41, 5.74) is 3.00. The molecule has 0 bridgehead atoms. The summed E-state index contributed by atoms with van der Waals surface area (Å²) in [6, 6.07) is 29.4. The summed E-state index contributed by atoms with van der Waals surface area (Å²) in [4.78, 5) is 27.2. The van der Waals surface area contributed by atoms with Gasteiger partial charge in [0.15, 0.2) is 0 Å². The van der Waals surface area contributed by atoms with Crippen LogP contribution in [-0.4, -0.2) is 40.0 Å². The summed E-state index contributed by atoms with van der Waals surface area (Å²) in [6.07, 6.45) is 3.36. The Kier molecular flexibility index (Phi) is 8.71. The molecule has 3 aromatic carbocycles. The van der Waals surface area contributed by atoms with E-state index in [9.17, 15) is 4.79 Å². The van der Waals surface area contributed by atoms with E-state index in [1.165, 1.54) is 5.56 Å². The van der Waals surface area contributed by atoms with E-state index in [1.54, 1.807) is 29.3 Å². The fraction of sp³-hybridized carbons (Fsp3) is 0.258. The Morgan fingerprint density at radius 2 is 1.64 bits per heavy atom. The molecule has 2 N–H and O–H groups in total. The average molecular weight is 541 g/mol. The molecular weight excluding hydrogens is 508 g/mol. The van der Waals surface area contributed by atoms with Gasteiger partial charge in [-0.1, -0.05) is 84.4 Å². The van der Waals surface area contributed by atoms with Crippen LogP contribution < -0.4 is 15.5 Å². The lowest BCUT2D eigenvalue weighted by atomic mass is 10.0. The maximum Gasteiger partial charge on any atom is 0.327 e. The number of likely N-dealkylation sites (tertiary alicyclic amines) is 1. The number of halogens is 1. The van der Waals surface area contributed by atoms with Crippen LogP contribution in [0.3, 0.4) is 0 Å². The Hall–Kier alpha value is -3.94. The van der Waals surface area contributed by atoms with Crippen LogP contribution in [0, 0.1) is 0 Å². The second-order valence-electron chi connectivity index (χ2n) is 9.79. The minimum Gasteiger partial charge on any atom is -0.348 e. The van der Waals surface area contributed by atoms with E-state index in [0.717, 1.165) is 38.0 Å². The topological polar surface area (TPSA) is 73.4 Å². The standard InChI is InChI=1S/C31H33ClN6O/c1-23(25-12-6-3-7-13-25)34-30-33-19-16-29(36-30)38(31(39)35-28-15-9-8-14-27(28)32)26-17-20-37(21-18-26)22-24-10-4-2-5-11-24/h2-16,19,23,26H,17-18,20-22H2,1H3,(H,35,39)(H,33,34,36)/t23-/m0/s1. The lowest BCUT2D eigenvalue weighted by Crippen LogP contribution is -2.49. The van der Waals surface area contributed by atoms with Crippen molar-refractivity contribution >= 4 is 35.1 Å². The van der Waals surface area contributed by atoms with E-state index in [0.29, 0.717) is 22.5 Å². The zero-order valence-electron chi connectivity index (χ0n) is 22.0. The van der Waals surface area contributed by atoms with Gasteiger partial charge in [0, 0.05) is 31.9 Å². The van der Waals surface area contributed by atoms with Gasteiger partial charge in [-0.15, -0.1) is 0 Å². The van der Waals surface area contributed by atoms with Gasteiger partial charge in [0.1, 0.15) is 5.82 Å². The molecule has 0 aliphatic carbocycles. The van der Waals surface area contributed by atoms with Crippen molar-refractivity contribution in [3.8, 4) is 0 Å². The minimum atomic E-state index is -0.259. The fourth-order valence-corrected chi connectivity index (χ4v) is 5.13. The van der Waals surface area contributed by atoms with Crippen LogP contribution in [0.1, 0.15) is 36.9 Å². The lowest BCUT2D eigenvalue weighted by molar-refractivity contribution is 0.199. The number of nitrogens with zero attached hydrogens (tertiary/aromatic N) is 4. The van der Waals surface area contributed by atoms with Gasteiger partial charge < -0.3 is 10.6 Å². The zero-order chi connectivity index (χ0) is 27.0. The molecule has 1 aliphatic rings. The third-order valence-electron chi connectivity index (χ3n) is 7.04. The molecule has 5 rings (SSSR count). The summed E-state index contributed by atoms with van der Waals surface area (Å²) < 4.78 is 0. The Morgan fingerprint density at radius 3 is 2.36 bits per heavy atom. The van der Waals surface area contributed by atoms with Gasteiger partial charge in [0.05, 0.1) is 16.8 Å². The number of amides is 2.